The first-order valence-electron chi connectivity index (χ1n) is 5.10. The van der Waals surface area contributed by atoms with Gasteiger partial charge in [0.25, 0.3) is 6.43 Å². The largest absolute Gasteiger partial charge is 0.323 e. The Morgan fingerprint density at radius 3 is 2.47 bits per heavy atom. The lowest BCUT2D eigenvalue weighted by atomic mass is 10.2. The third kappa shape index (κ3) is 2.53. The summed E-state index contributed by atoms with van der Waals surface area (Å²) in [6.07, 6.45) is -1.70. The van der Waals surface area contributed by atoms with Crippen molar-refractivity contribution in [3.63, 3.8) is 0 Å². The summed E-state index contributed by atoms with van der Waals surface area (Å²) in [4.78, 5) is 0. The van der Waals surface area contributed by atoms with Gasteiger partial charge in [-0.05, 0) is 26.3 Å². The van der Waals surface area contributed by atoms with Crippen LogP contribution < -0.4 is 5.73 Å². The first-order valence-corrected chi connectivity index (χ1v) is 5.10. The number of aromatic nitrogens is 2. The molecule has 3 nitrogen and oxygen atoms in total. The van der Waals surface area contributed by atoms with E-state index in [9.17, 15) is 8.78 Å². The van der Waals surface area contributed by atoms with Crippen LogP contribution in [-0.4, -0.2) is 9.78 Å². The molecule has 2 atom stereocenters. The van der Waals surface area contributed by atoms with Crippen LogP contribution in [0.3, 0.4) is 0 Å². The van der Waals surface area contributed by atoms with E-state index in [1.807, 2.05) is 13.8 Å². The van der Waals surface area contributed by atoms with Crippen molar-refractivity contribution < 1.29 is 8.78 Å². The number of nitrogens with zero attached hydrogens (tertiary/aromatic N) is 2. The van der Waals surface area contributed by atoms with E-state index >= 15 is 0 Å². The molecule has 0 fully saturated rings. The highest BCUT2D eigenvalue weighted by Gasteiger charge is 2.19. The molecule has 2 unspecified atom stereocenters. The third-order valence-electron chi connectivity index (χ3n) is 2.48. The molecule has 1 aromatic heterocycles. The predicted octanol–water partition coefficient (Wildman–Crippen LogP) is 2.81. The van der Waals surface area contributed by atoms with E-state index in [1.165, 1.54) is 6.07 Å². The number of nitrogens with two attached hydrogens (primary N) is 1. The molecule has 0 saturated heterocycles. The summed E-state index contributed by atoms with van der Waals surface area (Å²) < 4.78 is 26.6. The van der Waals surface area contributed by atoms with Gasteiger partial charge in [-0.25, -0.2) is 8.78 Å². The summed E-state index contributed by atoms with van der Waals surface area (Å²) >= 11 is 0. The SMILES string of the molecule is CCC(C)n1nc(C(F)F)cc1C(C)N. The summed E-state index contributed by atoms with van der Waals surface area (Å²) in [5.41, 5.74) is 6.19. The molecule has 0 saturated carbocycles. The Labute approximate surface area is 88.3 Å². The van der Waals surface area contributed by atoms with Crippen LogP contribution in [0.4, 0.5) is 8.78 Å². The lowest BCUT2D eigenvalue weighted by Gasteiger charge is -2.15. The first kappa shape index (κ1) is 12.1. The zero-order valence-corrected chi connectivity index (χ0v) is 9.24. The Bertz CT molecular complexity index is 320. The quantitative estimate of drug-likeness (QED) is 0.842. The third-order valence-corrected chi connectivity index (χ3v) is 2.48. The van der Waals surface area contributed by atoms with E-state index in [-0.39, 0.29) is 17.8 Å². The van der Waals surface area contributed by atoms with E-state index in [0.717, 1.165) is 6.42 Å². The van der Waals surface area contributed by atoms with E-state index in [4.69, 9.17) is 5.73 Å². The van der Waals surface area contributed by atoms with Gasteiger partial charge in [0, 0.05) is 12.1 Å². The molecule has 1 heterocycles. The number of alkyl halides is 2. The summed E-state index contributed by atoms with van der Waals surface area (Å²) in [7, 11) is 0. The molecule has 0 spiro atoms. The second-order valence-electron chi connectivity index (χ2n) is 3.79. The average molecular weight is 217 g/mol. The predicted molar refractivity (Wildman–Crippen MR) is 54.8 cm³/mol. The Balaban J connectivity index is 3.11. The molecule has 1 rings (SSSR count). The maximum absolute atomic E-state index is 12.5. The first-order chi connectivity index (χ1) is 6.97. The maximum atomic E-state index is 12.5. The van der Waals surface area contributed by atoms with Crippen molar-refractivity contribution in [2.45, 2.75) is 45.7 Å². The van der Waals surface area contributed by atoms with Gasteiger partial charge < -0.3 is 5.73 Å². The minimum Gasteiger partial charge on any atom is -0.323 e. The van der Waals surface area contributed by atoms with Crippen LogP contribution in [-0.2, 0) is 0 Å². The fourth-order valence-electron chi connectivity index (χ4n) is 1.40. The molecule has 1 aromatic rings. The zero-order chi connectivity index (χ0) is 11.6. The van der Waals surface area contributed by atoms with Gasteiger partial charge in [-0.2, -0.15) is 5.10 Å². The molecule has 15 heavy (non-hydrogen) atoms. The fourth-order valence-corrected chi connectivity index (χ4v) is 1.40. The highest BCUT2D eigenvalue weighted by atomic mass is 19.3. The zero-order valence-electron chi connectivity index (χ0n) is 9.24. The Morgan fingerprint density at radius 2 is 2.07 bits per heavy atom. The van der Waals surface area contributed by atoms with E-state index in [0.29, 0.717) is 5.69 Å². The van der Waals surface area contributed by atoms with Crippen LogP contribution in [0, 0.1) is 0 Å². The molecule has 0 bridgehead atoms. The van der Waals surface area contributed by atoms with Crippen molar-refractivity contribution in [1.29, 1.82) is 0 Å². The molecule has 5 heteroatoms. The Hall–Kier alpha value is -0.970. The van der Waals surface area contributed by atoms with Gasteiger partial charge >= 0.3 is 0 Å². The van der Waals surface area contributed by atoms with E-state index in [1.54, 1.807) is 11.6 Å². The molecule has 86 valence electrons. The van der Waals surface area contributed by atoms with Crippen LogP contribution in [0.15, 0.2) is 6.07 Å². The Morgan fingerprint density at radius 1 is 1.47 bits per heavy atom. The molecule has 2 N–H and O–H groups in total. The number of hydrogen-bond donors (Lipinski definition) is 1. The number of halogens is 2. The van der Waals surface area contributed by atoms with E-state index < -0.39 is 6.43 Å². The van der Waals surface area contributed by atoms with Gasteiger partial charge in [0.05, 0.1) is 5.69 Å². The number of rotatable bonds is 4. The van der Waals surface area contributed by atoms with Gasteiger partial charge in [0.2, 0.25) is 0 Å². The minimum atomic E-state index is -2.53. The van der Waals surface area contributed by atoms with Crippen molar-refractivity contribution in [3.8, 4) is 0 Å². The highest BCUT2D eigenvalue weighted by molar-refractivity contribution is 5.15. The fraction of sp³-hybridized carbons (Fsp3) is 0.700. The second-order valence-corrected chi connectivity index (χ2v) is 3.79. The van der Waals surface area contributed by atoms with Crippen LogP contribution in [0.1, 0.15) is 57.1 Å². The summed E-state index contributed by atoms with van der Waals surface area (Å²) in [6.45, 7) is 5.69. The van der Waals surface area contributed by atoms with Crippen LogP contribution in [0.5, 0.6) is 0 Å². The molecular formula is C10H17F2N3. The van der Waals surface area contributed by atoms with Crippen molar-refractivity contribution in [3.05, 3.63) is 17.5 Å². The molecule has 0 aliphatic rings. The normalized spacial score (nSPS) is 15.7. The molecule has 0 amide bonds. The van der Waals surface area contributed by atoms with Gasteiger partial charge in [0.1, 0.15) is 5.69 Å². The molecular weight excluding hydrogens is 200 g/mol. The monoisotopic (exact) mass is 217 g/mol. The molecule has 0 aliphatic carbocycles. The lowest BCUT2D eigenvalue weighted by Crippen LogP contribution is -2.16. The molecule has 0 radical (unpaired) electrons. The van der Waals surface area contributed by atoms with Crippen LogP contribution in [0.25, 0.3) is 0 Å². The second kappa shape index (κ2) is 4.70. The van der Waals surface area contributed by atoms with E-state index in [2.05, 4.69) is 5.10 Å². The topological polar surface area (TPSA) is 43.8 Å². The summed E-state index contributed by atoms with van der Waals surface area (Å²) in [5.74, 6) is 0. The van der Waals surface area contributed by atoms with Crippen molar-refractivity contribution in [1.82, 2.24) is 9.78 Å². The molecule has 0 aliphatic heterocycles. The summed E-state index contributed by atoms with van der Waals surface area (Å²) in [5, 5.41) is 3.89. The smallest absolute Gasteiger partial charge is 0.282 e. The Kier molecular flexibility index (Phi) is 3.79. The van der Waals surface area contributed by atoms with Crippen molar-refractivity contribution in [2.24, 2.45) is 5.73 Å². The van der Waals surface area contributed by atoms with Crippen molar-refractivity contribution in [2.75, 3.05) is 0 Å². The molecule has 0 aromatic carbocycles. The average Bonchev–Trinajstić information content (AvgIpc) is 2.61. The highest BCUT2D eigenvalue weighted by Crippen LogP contribution is 2.24. The van der Waals surface area contributed by atoms with Gasteiger partial charge in [0.15, 0.2) is 0 Å². The van der Waals surface area contributed by atoms with Crippen LogP contribution >= 0.6 is 0 Å². The summed E-state index contributed by atoms with van der Waals surface area (Å²) in [6, 6.07) is 1.21. The maximum Gasteiger partial charge on any atom is 0.282 e. The van der Waals surface area contributed by atoms with Gasteiger partial charge in [-0.1, -0.05) is 6.92 Å². The standard InChI is InChI=1S/C10H17F2N3/c1-4-6(2)15-9(7(3)13)5-8(14-15)10(11)12/h5-7,10H,4,13H2,1-3H3. The lowest BCUT2D eigenvalue weighted by molar-refractivity contribution is 0.144. The minimum absolute atomic E-state index is 0.0958. The number of hydrogen-bond acceptors (Lipinski definition) is 2. The van der Waals surface area contributed by atoms with Crippen LogP contribution in [0.2, 0.25) is 0 Å². The van der Waals surface area contributed by atoms with Gasteiger partial charge in [-0.3, -0.25) is 4.68 Å². The van der Waals surface area contributed by atoms with Gasteiger partial charge in [-0.15, -0.1) is 0 Å². The van der Waals surface area contributed by atoms with Crippen molar-refractivity contribution >= 4 is 0 Å².